The highest BCUT2D eigenvalue weighted by atomic mass is 32.1. The van der Waals surface area contributed by atoms with E-state index in [1.54, 1.807) is 0 Å². The maximum Gasteiger partial charge on any atom is 0.0282 e. The number of nitrogens with one attached hydrogen (secondary N) is 1. The van der Waals surface area contributed by atoms with Crippen molar-refractivity contribution < 1.29 is 0 Å². The van der Waals surface area contributed by atoms with Crippen LogP contribution in [0, 0.1) is 0 Å². The molecule has 0 spiro atoms. The summed E-state index contributed by atoms with van der Waals surface area (Å²) in [5.74, 6) is 0. The van der Waals surface area contributed by atoms with E-state index in [4.69, 9.17) is 0 Å². The summed E-state index contributed by atoms with van der Waals surface area (Å²) in [7, 11) is 0. The van der Waals surface area contributed by atoms with Gasteiger partial charge in [-0.2, -0.15) is 0 Å². The predicted molar refractivity (Wildman–Crippen MR) is 51.3 cm³/mol. The third-order valence-electron chi connectivity index (χ3n) is 1.84. The van der Waals surface area contributed by atoms with Gasteiger partial charge in [0.2, 0.25) is 0 Å². The van der Waals surface area contributed by atoms with Crippen molar-refractivity contribution in [2.45, 2.75) is 37.5 Å². The van der Waals surface area contributed by atoms with Crippen LogP contribution in [0.15, 0.2) is 17.2 Å². The first-order valence-electron chi connectivity index (χ1n) is 4.19. The van der Waals surface area contributed by atoms with Gasteiger partial charge in [-0.1, -0.05) is 19.8 Å². The largest absolute Gasteiger partial charge is 0.364 e. The zero-order valence-corrected chi connectivity index (χ0v) is 7.82. The monoisotopic (exact) mass is 169 g/mol. The van der Waals surface area contributed by atoms with Crippen LogP contribution in [0.4, 0.5) is 0 Å². The normalized spacial score (nSPS) is 10.4. The van der Waals surface area contributed by atoms with Crippen LogP contribution in [0.1, 0.15) is 31.9 Å². The van der Waals surface area contributed by atoms with Gasteiger partial charge < -0.3 is 4.98 Å². The van der Waals surface area contributed by atoms with Gasteiger partial charge in [0, 0.05) is 16.8 Å². The Hall–Kier alpha value is -0.370. The first-order valence-corrected chi connectivity index (χ1v) is 4.64. The average Bonchev–Trinajstić information content (AvgIpc) is 2.37. The van der Waals surface area contributed by atoms with E-state index in [0.29, 0.717) is 0 Å². The average molecular weight is 169 g/mol. The lowest BCUT2D eigenvalue weighted by molar-refractivity contribution is 0.704. The molecule has 0 saturated carbocycles. The summed E-state index contributed by atoms with van der Waals surface area (Å²) in [6.07, 6.45) is 6.95. The van der Waals surface area contributed by atoms with Gasteiger partial charge in [0.05, 0.1) is 0 Å². The van der Waals surface area contributed by atoms with Gasteiger partial charge in [-0.25, -0.2) is 0 Å². The van der Waals surface area contributed by atoms with Crippen molar-refractivity contribution in [1.29, 1.82) is 0 Å². The molecule has 0 saturated heterocycles. The minimum absolute atomic E-state index is 1.10. The lowest BCUT2D eigenvalue weighted by atomic mass is 10.2. The SMILES string of the molecule is CCCCCc1[nH]ccc1S. The molecule has 0 fully saturated rings. The molecule has 11 heavy (non-hydrogen) atoms. The summed E-state index contributed by atoms with van der Waals surface area (Å²) in [6.45, 7) is 2.22. The Bertz CT molecular complexity index is 205. The van der Waals surface area contributed by atoms with E-state index in [1.165, 1.54) is 25.0 Å². The molecule has 1 aromatic heterocycles. The molecule has 0 aromatic carbocycles. The molecule has 0 bridgehead atoms. The second kappa shape index (κ2) is 4.50. The zero-order chi connectivity index (χ0) is 8.10. The van der Waals surface area contributed by atoms with Gasteiger partial charge in [-0.3, -0.25) is 0 Å². The van der Waals surface area contributed by atoms with Crippen molar-refractivity contribution in [2.75, 3.05) is 0 Å². The molecular weight excluding hydrogens is 154 g/mol. The highest BCUT2D eigenvalue weighted by Gasteiger charge is 1.97. The van der Waals surface area contributed by atoms with Crippen LogP contribution in [0.5, 0.6) is 0 Å². The van der Waals surface area contributed by atoms with Crippen LogP contribution in [-0.4, -0.2) is 4.98 Å². The lowest BCUT2D eigenvalue weighted by Gasteiger charge is -1.97. The number of H-pyrrole nitrogens is 1. The fraction of sp³-hybridized carbons (Fsp3) is 0.556. The molecule has 1 aromatic rings. The van der Waals surface area contributed by atoms with Gasteiger partial charge in [0.15, 0.2) is 0 Å². The molecule has 62 valence electrons. The fourth-order valence-corrected chi connectivity index (χ4v) is 1.40. The molecular formula is C9H15NS. The number of thiol groups is 1. The van der Waals surface area contributed by atoms with Gasteiger partial charge in [0.1, 0.15) is 0 Å². The Balaban J connectivity index is 2.32. The molecule has 0 aliphatic heterocycles. The Labute approximate surface area is 73.6 Å². The Morgan fingerprint density at radius 3 is 2.82 bits per heavy atom. The summed E-state index contributed by atoms with van der Waals surface area (Å²) >= 11 is 4.32. The number of aromatic nitrogens is 1. The predicted octanol–water partition coefficient (Wildman–Crippen LogP) is 3.04. The van der Waals surface area contributed by atoms with E-state index < -0.39 is 0 Å². The van der Waals surface area contributed by atoms with E-state index in [9.17, 15) is 0 Å². The maximum atomic E-state index is 4.32. The molecule has 1 nitrogen and oxygen atoms in total. The van der Waals surface area contributed by atoms with Crippen LogP contribution in [0.25, 0.3) is 0 Å². The number of rotatable bonds is 4. The molecule has 0 amide bonds. The van der Waals surface area contributed by atoms with Crippen molar-refractivity contribution in [2.24, 2.45) is 0 Å². The van der Waals surface area contributed by atoms with E-state index in [1.807, 2.05) is 12.3 Å². The van der Waals surface area contributed by atoms with E-state index >= 15 is 0 Å². The van der Waals surface area contributed by atoms with Crippen LogP contribution < -0.4 is 0 Å². The molecule has 0 aliphatic rings. The summed E-state index contributed by atoms with van der Waals surface area (Å²) in [6, 6.07) is 2.00. The van der Waals surface area contributed by atoms with Crippen LogP contribution in [-0.2, 0) is 6.42 Å². The number of hydrogen-bond acceptors (Lipinski definition) is 1. The fourth-order valence-electron chi connectivity index (χ4n) is 1.15. The second-order valence-corrected chi connectivity index (χ2v) is 3.28. The van der Waals surface area contributed by atoms with Crippen molar-refractivity contribution in [3.63, 3.8) is 0 Å². The van der Waals surface area contributed by atoms with Crippen molar-refractivity contribution in [3.05, 3.63) is 18.0 Å². The molecule has 1 N–H and O–H groups in total. The topological polar surface area (TPSA) is 15.8 Å². The van der Waals surface area contributed by atoms with E-state index in [0.717, 1.165) is 11.3 Å². The van der Waals surface area contributed by atoms with Gasteiger partial charge in [-0.15, -0.1) is 12.6 Å². The first kappa shape index (κ1) is 8.72. The molecule has 0 unspecified atom stereocenters. The molecule has 0 atom stereocenters. The first-order chi connectivity index (χ1) is 5.34. The van der Waals surface area contributed by atoms with E-state index in [-0.39, 0.29) is 0 Å². The minimum atomic E-state index is 1.10. The van der Waals surface area contributed by atoms with Crippen molar-refractivity contribution in [3.8, 4) is 0 Å². The molecule has 2 heteroatoms. The molecule has 0 radical (unpaired) electrons. The summed E-state index contributed by atoms with van der Waals surface area (Å²) in [4.78, 5) is 4.29. The maximum absolute atomic E-state index is 4.32. The summed E-state index contributed by atoms with van der Waals surface area (Å²) in [5.41, 5.74) is 1.28. The molecule has 0 aliphatic carbocycles. The Kier molecular flexibility index (Phi) is 3.57. The highest BCUT2D eigenvalue weighted by Crippen LogP contribution is 2.13. The number of hydrogen-bond donors (Lipinski definition) is 2. The molecule has 1 rings (SSSR count). The minimum Gasteiger partial charge on any atom is -0.364 e. The van der Waals surface area contributed by atoms with E-state index in [2.05, 4.69) is 24.5 Å². The quantitative estimate of drug-likeness (QED) is 0.509. The smallest absolute Gasteiger partial charge is 0.0282 e. The van der Waals surface area contributed by atoms with Gasteiger partial charge >= 0.3 is 0 Å². The third-order valence-corrected chi connectivity index (χ3v) is 2.26. The van der Waals surface area contributed by atoms with Crippen molar-refractivity contribution in [1.82, 2.24) is 4.98 Å². The van der Waals surface area contributed by atoms with Crippen LogP contribution in [0.2, 0.25) is 0 Å². The highest BCUT2D eigenvalue weighted by molar-refractivity contribution is 7.80. The van der Waals surface area contributed by atoms with Crippen molar-refractivity contribution >= 4 is 12.6 Å². The number of aromatic amines is 1. The number of unbranched alkanes of at least 4 members (excludes halogenated alkanes) is 2. The van der Waals surface area contributed by atoms with Crippen LogP contribution >= 0.6 is 12.6 Å². The number of aryl methyl sites for hydroxylation is 1. The summed E-state index contributed by atoms with van der Waals surface area (Å²) < 4.78 is 0. The van der Waals surface area contributed by atoms with Gasteiger partial charge in [0.25, 0.3) is 0 Å². The van der Waals surface area contributed by atoms with Gasteiger partial charge in [-0.05, 0) is 18.9 Å². The lowest BCUT2D eigenvalue weighted by Crippen LogP contribution is -1.85. The Morgan fingerprint density at radius 2 is 2.27 bits per heavy atom. The Morgan fingerprint density at radius 1 is 1.45 bits per heavy atom. The van der Waals surface area contributed by atoms with Crippen LogP contribution in [0.3, 0.4) is 0 Å². The zero-order valence-electron chi connectivity index (χ0n) is 6.93. The second-order valence-electron chi connectivity index (χ2n) is 2.80. The standard InChI is InChI=1S/C9H15NS/c1-2-3-4-5-8-9(11)6-7-10-8/h6-7,10-11H,2-5H2,1H3. The molecule has 1 heterocycles. The third kappa shape index (κ3) is 2.62. The summed E-state index contributed by atoms with van der Waals surface area (Å²) in [5, 5.41) is 0.